The van der Waals surface area contributed by atoms with Crippen LogP contribution in [-0.4, -0.2) is 23.1 Å². The van der Waals surface area contributed by atoms with Gasteiger partial charge in [-0.05, 0) is 42.3 Å². The quantitative estimate of drug-likeness (QED) is 0.563. The van der Waals surface area contributed by atoms with E-state index in [4.69, 9.17) is 4.74 Å². The van der Waals surface area contributed by atoms with Crippen LogP contribution in [0.4, 0.5) is 5.69 Å². The van der Waals surface area contributed by atoms with Crippen molar-refractivity contribution in [3.8, 4) is 5.75 Å². The Morgan fingerprint density at radius 1 is 1.00 bits per heavy atom. The number of ether oxygens (including phenoxy) is 1. The number of para-hydroxylation sites is 1. The van der Waals surface area contributed by atoms with E-state index in [1.165, 1.54) is 13.0 Å². The van der Waals surface area contributed by atoms with E-state index < -0.39 is 18.0 Å². The highest BCUT2D eigenvalue weighted by molar-refractivity contribution is 6.03. The van der Waals surface area contributed by atoms with E-state index in [1.807, 2.05) is 36.4 Å². The predicted octanol–water partition coefficient (Wildman–Crippen LogP) is 5.24. The summed E-state index contributed by atoms with van der Waals surface area (Å²) in [6, 6.07) is 18.0. The number of carbonyl (C=O) groups excluding carboxylic acids is 2. The second kappa shape index (κ2) is 8.78. The molecule has 0 unspecified atom stereocenters. The van der Waals surface area contributed by atoms with Gasteiger partial charge in [-0.2, -0.15) is 0 Å². The standard InChI is InChI=1S/C24H25NO4/c1-4-15(2)18-10-7-8-12-21(18)25-23(27)16(3)29-24(28)20-14-13-17-9-5-6-11-19(17)22(20)26/h5-16,26H,4H2,1-3H3,(H,25,27)/t15-,16+/m1/s1. The number of esters is 1. The van der Waals surface area contributed by atoms with E-state index in [9.17, 15) is 14.7 Å². The first-order valence-corrected chi connectivity index (χ1v) is 9.73. The molecule has 3 rings (SSSR count). The molecule has 0 saturated heterocycles. The summed E-state index contributed by atoms with van der Waals surface area (Å²) in [5.74, 6) is -1.03. The molecular weight excluding hydrogens is 366 g/mol. The lowest BCUT2D eigenvalue weighted by molar-refractivity contribution is -0.123. The van der Waals surface area contributed by atoms with Gasteiger partial charge in [0, 0.05) is 11.1 Å². The van der Waals surface area contributed by atoms with Crippen molar-refractivity contribution in [2.24, 2.45) is 0 Å². The second-order valence-electron chi connectivity index (χ2n) is 7.12. The summed E-state index contributed by atoms with van der Waals surface area (Å²) in [5, 5.41) is 14.6. The number of phenols is 1. The van der Waals surface area contributed by atoms with Gasteiger partial charge in [-0.15, -0.1) is 0 Å². The number of aromatic hydroxyl groups is 1. The van der Waals surface area contributed by atoms with Gasteiger partial charge in [0.15, 0.2) is 6.10 Å². The normalized spacial score (nSPS) is 12.9. The lowest BCUT2D eigenvalue weighted by atomic mass is 9.97. The van der Waals surface area contributed by atoms with Gasteiger partial charge >= 0.3 is 5.97 Å². The molecule has 0 aliphatic carbocycles. The minimum atomic E-state index is -1.02. The SMILES string of the molecule is CC[C@@H](C)c1ccccc1NC(=O)[C@H](C)OC(=O)c1ccc2ccccc2c1O. The molecule has 0 aliphatic heterocycles. The van der Waals surface area contributed by atoms with Crippen molar-refractivity contribution in [1.29, 1.82) is 0 Å². The first-order chi connectivity index (χ1) is 13.9. The highest BCUT2D eigenvalue weighted by atomic mass is 16.5. The van der Waals surface area contributed by atoms with E-state index in [-0.39, 0.29) is 11.3 Å². The number of rotatable bonds is 6. The van der Waals surface area contributed by atoms with Crippen molar-refractivity contribution in [3.05, 3.63) is 71.8 Å². The van der Waals surface area contributed by atoms with Crippen LogP contribution in [0.3, 0.4) is 0 Å². The Balaban J connectivity index is 1.74. The molecule has 3 aromatic carbocycles. The number of amides is 1. The summed E-state index contributed by atoms with van der Waals surface area (Å²) in [7, 11) is 0. The Labute approximate surface area is 170 Å². The highest BCUT2D eigenvalue weighted by Crippen LogP contribution is 2.30. The van der Waals surface area contributed by atoms with Gasteiger partial charge < -0.3 is 15.2 Å². The zero-order valence-electron chi connectivity index (χ0n) is 16.8. The van der Waals surface area contributed by atoms with Crippen molar-refractivity contribution in [2.45, 2.75) is 39.2 Å². The topological polar surface area (TPSA) is 75.6 Å². The maximum atomic E-state index is 12.6. The number of carbonyl (C=O) groups is 2. The molecule has 150 valence electrons. The number of phenolic OH excluding ortho intramolecular Hbond substituents is 1. The number of fused-ring (bicyclic) bond motifs is 1. The molecule has 0 radical (unpaired) electrons. The van der Waals surface area contributed by atoms with Gasteiger partial charge in [0.2, 0.25) is 0 Å². The Morgan fingerprint density at radius 3 is 2.45 bits per heavy atom. The van der Waals surface area contributed by atoms with Crippen molar-refractivity contribution >= 4 is 28.3 Å². The molecule has 1 amide bonds. The van der Waals surface area contributed by atoms with Gasteiger partial charge in [0.05, 0.1) is 0 Å². The first-order valence-electron chi connectivity index (χ1n) is 9.73. The Hall–Kier alpha value is -3.34. The number of hydrogen-bond donors (Lipinski definition) is 2. The molecule has 2 atom stereocenters. The molecule has 0 aliphatic rings. The average Bonchev–Trinajstić information content (AvgIpc) is 2.73. The third kappa shape index (κ3) is 4.40. The van der Waals surface area contributed by atoms with Gasteiger partial charge in [-0.3, -0.25) is 4.79 Å². The molecule has 0 saturated carbocycles. The zero-order chi connectivity index (χ0) is 21.0. The lowest BCUT2D eigenvalue weighted by Crippen LogP contribution is -2.30. The van der Waals surface area contributed by atoms with Crippen LogP contribution in [-0.2, 0) is 9.53 Å². The minimum absolute atomic E-state index is 0.0309. The molecule has 5 heteroatoms. The molecule has 0 aromatic heterocycles. The van der Waals surface area contributed by atoms with Gasteiger partial charge in [0.25, 0.3) is 5.91 Å². The Morgan fingerprint density at radius 2 is 1.69 bits per heavy atom. The molecule has 0 spiro atoms. The minimum Gasteiger partial charge on any atom is -0.506 e. The van der Waals surface area contributed by atoms with E-state index >= 15 is 0 Å². The smallest absolute Gasteiger partial charge is 0.342 e. The first kappa shape index (κ1) is 20.4. The summed E-state index contributed by atoms with van der Waals surface area (Å²) in [6.07, 6.45) is -0.0723. The van der Waals surface area contributed by atoms with Gasteiger partial charge in [0.1, 0.15) is 11.3 Å². The van der Waals surface area contributed by atoms with Crippen LogP contribution in [0.15, 0.2) is 60.7 Å². The third-order valence-corrected chi connectivity index (χ3v) is 5.14. The van der Waals surface area contributed by atoms with Crippen molar-refractivity contribution in [3.63, 3.8) is 0 Å². The monoisotopic (exact) mass is 391 g/mol. The fourth-order valence-corrected chi connectivity index (χ4v) is 3.19. The van der Waals surface area contributed by atoms with E-state index in [2.05, 4.69) is 19.2 Å². The third-order valence-electron chi connectivity index (χ3n) is 5.14. The van der Waals surface area contributed by atoms with Crippen LogP contribution in [0.25, 0.3) is 10.8 Å². The number of anilines is 1. The van der Waals surface area contributed by atoms with E-state index in [0.717, 1.165) is 17.4 Å². The molecule has 29 heavy (non-hydrogen) atoms. The van der Waals surface area contributed by atoms with Gasteiger partial charge in [-0.25, -0.2) is 4.79 Å². The van der Waals surface area contributed by atoms with Crippen LogP contribution in [0.1, 0.15) is 49.0 Å². The molecule has 0 heterocycles. The maximum absolute atomic E-state index is 12.6. The summed E-state index contributed by atoms with van der Waals surface area (Å²) in [4.78, 5) is 25.1. The number of nitrogens with one attached hydrogen (secondary N) is 1. The molecule has 3 aromatic rings. The Kier molecular flexibility index (Phi) is 6.17. The number of benzene rings is 3. The maximum Gasteiger partial charge on any atom is 0.342 e. The van der Waals surface area contributed by atoms with Crippen molar-refractivity contribution in [1.82, 2.24) is 0 Å². The van der Waals surface area contributed by atoms with E-state index in [0.29, 0.717) is 17.0 Å². The average molecular weight is 391 g/mol. The largest absolute Gasteiger partial charge is 0.506 e. The lowest BCUT2D eigenvalue weighted by Gasteiger charge is -2.18. The van der Waals surface area contributed by atoms with Crippen LogP contribution in [0, 0.1) is 0 Å². The number of hydrogen-bond acceptors (Lipinski definition) is 4. The molecule has 0 bridgehead atoms. The van der Waals surface area contributed by atoms with Crippen LogP contribution >= 0.6 is 0 Å². The summed E-state index contributed by atoms with van der Waals surface area (Å²) in [5.41, 5.74) is 1.78. The molecule has 0 fully saturated rings. The summed E-state index contributed by atoms with van der Waals surface area (Å²) >= 11 is 0. The highest BCUT2D eigenvalue weighted by Gasteiger charge is 2.23. The zero-order valence-corrected chi connectivity index (χ0v) is 16.8. The fourth-order valence-electron chi connectivity index (χ4n) is 3.19. The Bertz CT molecular complexity index is 1040. The summed E-state index contributed by atoms with van der Waals surface area (Å²) < 4.78 is 5.32. The van der Waals surface area contributed by atoms with E-state index in [1.54, 1.807) is 18.2 Å². The van der Waals surface area contributed by atoms with Crippen molar-refractivity contribution in [2.75, 3.05) is 5.32 Å². The van der Waals surface area contributed by atoms with Gasteiger partial charge in [-0.1, -0.05) is 62.4 Å². The van der Waals surface area contributed by atoms with Crippen LogP contribution in [0.5, 0.6) is 5.75 Å². The predicted molar refractivity (Wildman–Crippen MR) is 114 cm³/mol. The van der Waals surface area contributed by atoms with Crippen LogP contribution in [0.2, 0.25) is 0 Å². The fraction of sp³-hybridized carbons (Fsp3) is 0.250. The molecule has 2 N–H and O–H groups in total. The molecule has 5 nitrogen and oxygen atoms in total. The molecular formula is C24H25NO4. The van der Waals surface area contributed by atoms with Crippen molar-refractivity contribution < 1.29 is 19.4 Å². The van der Waals surface area contributed by atoms with Crippen LogP contribution < -0.4 is 5.32 Å². The summed E-state index contributed by atoms with van der Waals surface area (Å²) in [6.45, 7) is 5.69. The second-order valence-corrected chi connectivity index (χ2v) is 7.12.